The molecule has 1 aromatic carbocycles. The number of benzene rings is 1. The molecule has 0 unspecified atom stereocenters. The molecule has 0 aliphatic carbocycles. The number of thiophene rings is 1. The second-order valence-corrected chi connectivity index (χ2v) is 6.81. The van der Waals surface area contributed by atoms with Gasteiger partial charge in [-0.1, -0.05) is 12.1 Å². The molecule has 0 fully saturated rings. The number of amides is 1. The molecule has 0 bridgehead atoms. The molecular formula is C15H14INO2S. The minimum atomic E-state index is -0.129. The van der Waals surface area contributed by atoms with Crippen LogP contribution < -0.4 is 5.32 Å². The number of nitrogens with one attached hydrogen (secondary N) is 1. The van der Waals surface area contributed by atoms with Gasteiger partial charge >= 0.3 is 0 Å². The van der Waals surface area contributed by atoms with Gasteiger partial charge in [-0.3, -0.25) is 9.59 Å². The minimum absolute atomic E-state index is 0.0287. The Kier molecular flexibility index (Phi) is 5.31. The van der Waals surface area contributed by atoms with E-state index < -0.39 is 0 Å². The smallest absolute Gasteiger partial charge is 0.224 e. The summed E-state index contributed by atoms with van der Waals surface area (Å²) >= 11 is 3.64. The van der Waals surface area contributed by atoms with Crippen LogP contribution in [0.2, 0.25) is 0 Å². The van der Waals surface area contributed by atoms with Gasteiger partial charge in [-0.15, -0.1) is 11.3 Å². The number of carbonyl (C=O) groups excluding carboxylic acids is 2. The second kappa shape index (κ2) is 6.99. The average molecular weight is 399 g/mol. The molecule has 0 spiro atoms. The van der Waals surface area contributed by atoms with Crippen molar-refractivity contribution < 1.29 is 9.59 Å². The SMILES string of the molecule is Cc1ccc(C(=O)CCC(=O)Nc2ccccc2I)s1. The molecule has 1 heterocycles. The Morgan fingerprint density at radius 1 is 1.15 bits per heavy atom. The molecule has 0 radical (unpaired) electrons. The summed E-state index contributed by atoms with van der Waals surface area (Å²) in [5.74, 6) is -0.100. The molecule has 20 heavy (non-hydrogen) atoms. The normalized spacial score (nSPS) is 10.3. The molecule has 3 nitrogen and oxygen atoms in total. The molecule has 0 saturated carbocycles. The highest BCUT2D eigenvalue weighted by Gasteiger charge is 2.11. The predicted molar refractivity (Wildman–Crippen MR) is 90.4 cm³/mol. The summed E-state index contributed by atoms with van der Waals surface area (Å²) in [6.07, 6.45) is 0.454. The van der Waals surface area contributed by atoms with E-state index in [0.29, 0.717) is 0 Å². The lowest BCUT2D eigenvalue weighted by molar-refractivity contribution is -0.116. The van der Waals surface area contributed by atoms with Crippen molar-refractivity contribution in [2.24, 2.45) is 0 Å². The van der Waals surface area contributed by atoms with Crippen LogP contribution in [0.25, 0.3) is 0 Å². The Morgan fingerprint density at radius 3 is 2.55 bits per heavy atom. The molecule has 0 aliphatic rings. The molecule has 2 aromatic rings. The van der Waals surface area contributed by atoms with Crippen LogP contribution in [-0.4, -0.2) is 11.7 Å². The average Bonchev–Trinajstić information content (AvgIpc) is 2.85. The first-order valence-electron chi connectivity index (χ1n) is 6.20. The van der Waals surface area contributed by atoms with Crippen molar-refractivity contribution >= 4 is 51.3 Å². The van der Waals surface area contributed by atoms with Gasteiger partial charge in [-0.2, -0.15) is 0 Å². The van der Waals surface area contributed by atoms with E-state index >= 15 is 0 Å². The van der Waals surface area contributed by atoms with E-state index in [0.717, 1.165) is 19.0 Å². The number of hydrogen-bond acceptors (Lipinski definition) is 3. The summed E-state index contributed by atoms with van der Waals surface area (Å²) in [6.45, 7) is 1.96. The summed E-state index contributed by atoms with van der Waals surface area (Å²) in [6, 6.07) is 11.3. The van der Waals surface area contributed by atoms with Crippen LogP contribution in [0.1, 0.15) is 27.4 Å². The third-order valence-electron chi connectivity index (χ3n) is 2.74. The fraction of sp³-hybridized carbons (Fsp3) is 0.200. The summed E-state index contributed by atoms with van der Waals surface area (Å²) in [7, 11) is 0. The first-order valence-corrected chi connectivity index (χ1v) is 8.10. The standard InChI is InChI=1S/C15H14INO2S/c1-10-6-8-14(20-10)13(18)7-9-15(19)17-12-5-3-2-4-11(12)16/h2-6,8H,7,9H2,1H3,(H,17,19). The van der Waals surface area contributed by atoms with E-state index in [4.69, 9.17) is 0 Å². The zero-order valence-electron chi connectivity index (χ0n) is 11.0. The summed E-state index contributed by atoms with van der Waals surface area (Å²) in [5, 5.41) is 2.83. The van der Waals surface area contributed by atoms with Gasteiger partial charge in [-0.05, 0) is 53.8 Å². The Morgan fingerprint density at radius 2 is 1.90 bits per heavy atom. The van der Waals surface area contributed by atoms with Crippen molar-refractivity contribution in [3.8, 4) is 0 Å². The Balaban J connectivity index is 1.87. The quantitative estimate of drug-likeness (QED) is 0.603. The maximum absolute atomic E-state index is 11.9. The molecule has 1 N–H and O–H groups in total. The van der Waals surface area contributed by atoms with Crippen LogP contribution in [0, 0.1) is 10.5 Å². The maximum Gasteiger partial charge on any atom is 0.224 e. The molecule has 1 aromatic heterocycles. The van der Waals surface area contributed by atoms with Crippen molar-refractivity contribution in [1.82, 2.24) is 0 Å². The zero-order chi connectivity index (χ0) is 14.5. The van der Waals surface area contributed by atoms with Gasteiger partial charge in [0.1, 0.15) is 0 Å². The van der Waals surface area contributed by atoms with E-state index in [1.165, 1.54) is 11.3 Å². The van der Waals surface area contributed by atoms with Gasteiger partial charge in [-0.25, -0.2) is 0 Å². The number of carbonyl (C=O) groups is 2. The van der Waals surface area contributed by atoms with Gasteiger partial charge in [0.2, 0.25) is 5.91 Å². The predicted octanol–water partition coefficient (Wildman–Crippen LogP) is 4.26. The summed E-state index contributed by atoms with van der Waals surface area (Å²) < 4.78 is 0.985. The Labute approximate surface area is 135 Å². The van der Waals surface area contributed by atoms with Crippen molar-refractivity contribution in [1.29, 1.82) is 0 Å². The number of Topliss-reactive ketones (excluding diaryl/α,β-unsaturated/α-hetero) is 1. The van der Waals surface area contributed by atoms with Gasteiger partial charge < -0.3 is 5.32 Å². The monoisotopic (exact) mass is 399 g/mol. The topological polar surface area (TPSA) is 46.2 Å². The fourth-order valence-electron chi connectivity index (χ4n) is 1.71. The van der Waals surface area contributed by atoms with E-state index in [9.17, 15) is 9.59 Å². The Bertz CT molecular complexity index is 636. The number of aryl methyl sites for hydroxylation is 1. The number of ketones is 1. The van der Waals surface area contributed by atoms with Crippen LogP contribution in [-0.2, 0) is 4.79 Å². The molecular weight excluding hydrogens is 385 g/mol. The zero-order valence-corrected chi connectivity index (χ0v) is 14.0. The highest BCUT2D eigenvalue weighted by molar-refractivity contribution is 14.1. The van der Waals surface area contributed by atoms with E-state index in [-0.39, 0.29) is 24.5 Å². The number of para-hydroxylation sites is 1. The molecule has 0 aliphatic heterocycles. The van der Waals surface area contributed by atoms with Crippen molar-refractivity contribution in [3.63, 3.8) is 0 Å². The van der Waals surface area contributed by atoms with Crippen LogP contribution in [0.4, 0.5) is 5.69 Å². The van der Waals surface area contributed by atoms with Gasteiger partial charge in [0, 0.05) is 21.3 Å². The minimum Gasteiger partial charge on any atom is -0.325 e. The number of rotatable bonds is 5. The Hall–Kier alpha value is -1.21. The molecule has 5 heteroatoms. The van der Waals surface area contributed by atoms with Crippen LogP contribution in [0.5, 0.6) is 0 Å². The first-order chi connectivity index (χ1) is 9.56. The third-order valence-corrected chi connectivity index (χ3v) is 4.72. The van der Waals surface area contributed by atoms with Gasteiger partial charge in [0.25, 0.3) is 0 Å². The number of anilines is 1. The van der Waals surface area contributed by atoms with E-state index in [2.05, 4.69) is 27.9 Å². The lowest BCUT2D eigenvalue weighted by atomic mass is 10.2. The lowest BCUT2D eigenvalue weighted by Crippen LogP contribution is -2.13. The first kappa shape index (κ1) is 15.2. The van der Waals surface area contributed by atoms with Crippen LogP contribution >= 0.6 is 33.9 Å². The number of hydrogen-bond donors (Lipinski definition) is 1. The van der Waals surface area contributed by atoms with Crippen molar-refractivity contribution in [3.05, 3.63) is 49.7 Å². The third kappa shape index (κ3) is 4.14. The van der Waals surface area contributed by atoms with Gasteiger partial charge in [0.15, 0.2) is 5.78 Å². The molecule has 0 saturated heterocycles. The largest absolute Gasteiger partial charge is 0.325 e. The molecule has 1 amide bonds. The van der Waals surface area contributed by atoms with Gasteiger partial charge in [0.05, 0.1) is 10.6 Å². The summed E-state index contributed by atoms with van der Waals surface area (Å²) in [4.78, 5) is 25.6. The van der Waals surface area contributed by atoms with Crippen LogP contribution in [0.15, 0.2) is 36.4 Å². The summed E-state index contributed by atoms with van der Waals surface area (Å²) in [5.41, 5.74) is 0.789. The lowest BCUT2D eigenvalue weighted by Gasteiger charge is -2.06. The molecule has 0 atom stereocenters. The van der Waals surface area contributed by atoms with Crippen LogP contribution in [0.3, 0.4) is 0 Å². The van der Waals surface area contributed by atoms with E-state index in [1.54, 1.807) is 0 Å². The molecule has 2 rings (SSSR count). The number of halogens is 1. The fourth-order valence-corrected chi connectivity index (χ4v) is 3.07. The van der Waals surface area contributed by atoms with Crippen molar-refractivity contribution in [2.75, 3.05) is 5.32 Å². The molecule has 104 valence electrons. The highest BCUT2D eigenvalue weighted by atomic mass is 127. The maximum atomic E-state index is 11.9. The second-order valence-electron chi connectivity index (χ2n) is 4.36. The van der Waals surface area contributed by atoms with E-state index in [1.807, 2.05) is 43.3 Å². The van der Waals surface area contributed by atoms with Crippen molar-refractivity contribution in [2.45, 2.75) is 19.8 Å². The highest BCUT2D eigenvalue weighted by Crippen LogP contribution is 2.19.